The maximum atomic E-state index is 14.3. The quantitative estimate of drug-likeness (QED) is 0.429. The van der Waals surface area contributed by atoms with Gasteiger partial charge in [0.2, 0.25) is 0 Å². The fourth-order valence-corrected chi connectivity index (χ4v) is 10.6. The van der Waals surface area contributed by atoms with Crippen LogP contribution in [0, 0.1) is 45.3 Å². The molecule has 0 radical (unpaired) electrons. The van der Waals surface area contributed by atoms with Crippen molar-refractivity contribution in [3.8, 4) is 0 Å². The maximum absolute atomic E-state index is 14.3. The third-order valence-electron chi connectivity index (χ3n) is 12.4. The van der Waals surface area contributed by atoms with E-state index in [-0.39, 0.29) is 51.3 Å². The number of Topliss-reactive ketones (excluding diaryl/α,β-unsaturated/α-hetero) is 2. The Morgan fingerprint density at radius 3 is 2.42 bits per heavy atom. The summed E-state index contributed by atoms with van der Waals surface area (Å²) in [4.78, 5) is 40.1. The van der Waals surface area contributed by atoms with Crippen LogP contribution in [0.2, 0.25) is 0 Å². The second kappa shape index (κ2) is 8.09. The lowest BCUT2D eigenvalue weighted by atomic mass is 9.36. The van der Waals surface area contributed by atoms with Crippen molar-refractivity contribution in [3.63, 3.8) is 0 Å². The van der Waals surface area contributed by atoms with Gasteiger partial charge in [-0.05, 0) is 74.7 Å². The van der Waals surface area contributed by atoms with Gasteiger partial charge in [0.15, 0.2) is 12.1 Å². The molecule has 1 aliphatic heterocycles. The first-order valence-electron chi connectivity index (χ1n) is 14.2. The van der Waals surface area contributed by atoms with E-state index in [1.165, 1.54) is 0 Å². The van der Waals surface area contributed by atoms with Crippen molar-refractivity contribution in [2.45, 2.75) is 112 Å². The Bertz CT molecular complexity index is 1020. The number of carbonyl (C=O) groups excluding carboxylic acids is 3. The van der Waals surface area contributed by atoms with Gasteiger partial charge < -0.3 is 9.47 Å². The number of ketones is 3. The minimum absolute atomic E-state index is 0.0237. The van der Waals surface area contributed by atoms with Gasteiger partial charge in [0.25, 0.3) is 0 Å². The summed E-state index contributed by atoms with van der Waals surface area (Å²) in [7, 11) is 1.71. The van der Waals surface area contributed by atoms with Crippen LogP contribution in [0.25, 0.3) is 0 Å². The van der Waals surface area contributed by atoms with Crippen LogP contribution in [0.3, 0.4) is 0 Å². The second-order valence-electron chi connectivity index (χ2n) is 14.3. The van der Waals surface area contributed by atoms with Crippen LogP contribution in [0.15, 0.2) is 11.6 Å². The van der Waals surface area contributed by atoms with Gasteiger partial charge in [-0.1, -0.05) is 40.2 Å². The lowest BCUT2D eigenvalue weighted by Gasteiger charge is -2.65. The molecule has 5 rings (SSSR count). The number of rotatable bonds is 5. The van der Waals surface area contributed by atoms with Gasteiger partial charge in [-0.3, -0.25) is 14.4 Å². The van der Waals surface area contributed by atoms with Gasteiger partial charge in [0.1, 0.15) is 11.6 Å². The van der Waals surface area contributed by atoms with Gasteiger partial charge >= 0.3 is 0 Å². The van der Waals surface area contributed by atoms with Crippen molar-refractivity contribution >= 4 is 17.3 Å². The summed E-state index contributed by atoms with van der Waals surface area (Å²) < 4.78 is 12.9. The highest BCUT2D eigenvalue weighted by Crippen LogP contribution is 2.79. The molecule has 2 bridgehead atoms. The molecule has 5 heteroatoms. The van der Waals surface area contributed by atoms with Crippen molar-refractivity contribution in [2.75, 3.05) is 7.11 Å². The fraction of sp³-hybridized carbons (Fsp3) is 0.839. The summed E-state index contributed by atoms with van der Waals surface area (Å²) >= 11 is 0. The molecule has 200 valence electrons. The van der Waals surface area contributed by atoms with Gasteiger partial charge in [0.05, 0.1) is 11.0 Å². The normalized spacial score (nSPS) is 47.6. The van der Waals surface area contributed by atoms with E-state index < -0.39 is 17.3 Å². The van der Waals surface area contributed by atoms with E-state index in [0.29, 0.717) is 25.2 Å². The largest absolute Gasteiger partial charge is 0.355 e. The molecule has 0 aromatic rings. The smallest absolute Gasteiger partial charge is 0.164 e. The first-order chi connectivity index (χ1) is 16.7. The minimum Gasteiger partial charge on any atom is -0.355 e. The zero-order valence-electron chi connectivity index (χ0n) is 23.7. The van der Waals surface area contributed by atoms with Gasteiger partial charge in [-0.25, -0.2) is 0 Å². The molecule has 5 aliphatic rings. The zero-order chi connectivity index (χ0) is 26.5. The minimum atomic E-state index is -0.761. The Hall–Kier alpha value is -1.33. The molecule has 0 aromatic carbocycles. The maximum Gasteiger partial charge on any atom is 0.164 e. The molecule has 4 saturated carbocycles. The molecule has 2 unspecified atom stereocenters. The predicted octanol–water partition coefficient (Wildman–Crippen LogP) is 6.09. The topological polar surface area (TPSA) is 69.7 Å². The van der Waals surface area contributed by atoms with Crippen LogP contribution in [0.4, 0.5) is 0 Å². The van der Waals surface area contributed by atoms with Gasteiger partial charge in [-0.2, -0.15) is 0 Å². The van der Waals surface area contributed by atoms with Crippen molar-refractivity contribution in [2.24, 2.45) is 45.3 Å². The van der Waals surface area contributed by atoms with Crippen LogP contribution in [0.5, 0.6) is 0 Å². The van der Waals surface area contributed by atoms with E-state index in [0.717, 1.165) is 37.7 Å². The van der Waals surface area contributed by atoms with Crippen LogP contribution >= 0.6 is 0 Å². The number of ether oxygens (including phenoxy) is 2. The molecule has 9 atom stereocenters. The molecule has 4 aliphatic carbocycles. The molecule has 5 fully saturated rings. The molecular formula is C31H46O5. The summed E-state index contributed by atoms with van der Waals surface area (Å²) in [5.41, 5.74) is -0.995. The van der Waals surface area contributed by atoms with Crippen LogP contribution in [-0.2, 0) is 23.9 Å². The Morgan fingerprint density at radius 2 is 1.78 bits per heavy atom. The SMILES string of the molecule is CO[C@@H]1O[C@]23CC(=O)C4[C@@]1(CC[C@]1(C)[C@@H]([C@H](C)CC(=O)C=C(C)C)CC[C@@]41C)C2CCC(=O)C3(C)C. The average Bonchev–Trinajstić information content (AvgIpc) is 3.16. The number of hydrogen-bond acceptors (Lipinski definition) is 5. The highest BCUT2D eigenvalue weighted by molar-refractivity contribution is 5.92. The number of hydrogen-bond donors (Lipinski definition) is 0. The van der Waals surface area contributed by atoms with Crippen LogP contribution in [0.1, 0.15) is 99.8 Å². The van der Waals surface area contributed by atoms with E-state index in [9.17, 15) is 14.4 Å². The zero-order valence-corrected chi connectivity index (χ0v) is 23.7. The number of carbonyl (C=O) groups is 3. The predicted molar refractivity (Wildman–Crippen MR) is 138 cm³/mol. The lowest BCUT2D eigenvalue weighted by Crippen LogP contribution is -2.69. The molecule has 0 amide bonds. The van der Waals surface area contributed by atoms with E-state index in [2.05, 4.69) is 20.8 Å². The van der Waals surface area contributed by atoms with Crippen molar-refractivity contribution in [1.29, 1.82) is 0 Å². The summed E-state index contributed by atoms with van der Waals surface area (Å²) in [6.07, 6.45) is 7.47. The molecule has 1 heterocycles. The Labute approximate surface area is 217 Å². The molecule has 36 heavy (non-hydrogen) atoms. The molecule has 0 aromatic heterocycles. The van der Waals surface area contributed by atoms with E-state index >= 15 is 0 Å². The summed E-state index contributed by atoms with van der Waals surface area (Å²) in [6.45, 7) is 14.9. The number of allylic oxidation sites excluding steroid dienone is 2. The summed E-state index contributed by atoms with van der Waals surface area (Å²) in [5, 5.41) is 0. The van der Waals surface area contributed by atoms with Crippen LogP contribution in [-0.4, -0.2) is 36.4 Å². The Balaban J connectivity index is 1.55. The summed E-state index contributed by atoms with van der Waals surface area (Å²) in [6, 6.07) is 0. The first kappa shape index (κ1) is 26.3. The van der Waals surface area contributed by atoms with Crippen molar-refractivity contribution in [3.05, 3.63) is 11.6 Å². The third kappa shape index (κ3) is 2.99. The lowest BCUT2D eigenvalue weighted by molar-refractivity contribution is -0.222. The van der Waals surface area contributed by atoms with Crippen molar-refractivity contribution in [1.82, 2.24) is 0 Å². The van der Waals surface area contributed by atoms with E-state index in [4.69, 9.17) is 9.47 Å². The van der Waals surface area contributed by atoms with E-state index in [1.54, 1.807) is 13.2 Å². The molecule has 1 saturated heterocycles. The Morgan fingerprint density at radius 1 is 1.08 bits per heavy atom. The Kier molecular flexibility index (Phi) is 5.90. The summed E-state index contributed by atoms with van der Waals surface area (Å²) in [5.74, 6) is 1.39. The van der Waals surface area contributed by atoms with E-state index in [1.807, 2.05) is 27.7 Å². The standard InChI is InChI=1S/C31H46O5/c1-18(2)15-20(32)16-19(3)21-11-12-29(7)25-22(33)17-31-23(9-10-24(34)27(31,4)5)30(25,26(35-8)36-31)14-13-28(21,29)6/h15,19,21,23,25-26H,9-14,16-17H2,1-8H3/t19-,21-,23?,25?,26-,28-,29+,30-,31-/m1/s1. The van der Waals surface area contributed by atoms with Crippen molar-refractivity contribution < 1.29 is 23.9 Å². The molecule has 5 nitrogen and oxygen atoms in total. The molecule has 1 spiro atoms. The number of methoxy groups -OCH3 is 1. The third-order valence-corrected chi connectivity index (χ3v) is 12.4. The monoisotopic (exact) mass is 498 g/mol. The fourth-order valence-electron chi connectivity index (χ4n) is 10.6. The second-order valence-corrected chi connectivity index (χ2v) is 14.3. The highest BCUT2D eigenvalue weighted by Gasteiger charge is 2.82. The van der Waals surface area contributed by atoms with Crippen LogP contribution < -0.4 is 0 Å². The number of fused-ring (bicyclic) bond motifs is 2. The molecule has 0 N–H and O–H groups in total. The average molecular weight is 499 g/mol. The first-order valence-corrected chi connectivity index (χ1v) is 14.2. The van der Waals surface area contributed by atoms with Gasteiger partial charge in [0, 0.05) is 43.6 Å². The highest BCUT2D eigenvalue weighted by atomic mass is 16.7. The van der Waals surface area contributed by atoms with Gasteiger partial charge in [-0.15, -0.1) is 0 Å². The molecular weight excluding hydrogens is 452 g/mol.